The zero-order valence-corrected chi connectivity index (χ0v) is 23.7. The van der Waals surface area contributed by atoms with Gasteiger partial charge in [-0.15, -0.1) is 11.3 Å². The van der Waals surface area contributed by atoms with E-state index in [9.17, 15) is 18.4 Å². The number of allylic oxidation sites excluding steroid dienone is 1. The highest BCUT2D eigenvalue weighted by molar-refractivity contribution is 7.11. The van der Waals surface area contributed by atoms with Gasteiger partial charge in [0, 0.05) is 28.8 Å². The number of carbonyl (C=O) groups is 2. The van der Waals surface area contributed by atoms with Crippen LogP contribution in [0.15, 0.2) is 44.5 Å². The highest BCUT2D eigenvalue weighted by Crippen LogP contribution is 2.44. The van der Waals surface area contributed by atoms with Crippen molar-refractivity contribution in [3.05, 3.63) is 73.9 Å². The molecule has 1 aliphatic heterocycles. The molecule has 41 heavy (non-hydrogen) atoms. The van der Waals surface area contributed by atoms with Crippen LogP contribution in [-0.2, 0) is 14.3 Å². The molecule has 1 unspecified atom stereocenters. The first-order valence-corrected chi connectivity index (χ1v) is 14.4. The van der Waals surface area contributed by atoms with Crippen LogP contribution in [-0.4, -0.2) is 46.1 Å². The Labute approximate surface area is 242 Å². The van der Waals surface area contributed by atoms with Crippen molar-refractivity contribution in [1.82, 2.24) is 20.4 Å². The van der Waals surface area contributed by atoms with Crippen molar-refractivity contribution in [2.24, 2.45) is 10.9 Å². The fourth-order valence-corrected chi connectivity index (χ4v) is 5.90. The molecule has 0 bridgehead atoms. The zero-order chi connectivity index (χ0) is 29.1. The smallest absolute Gasteiger partial charge is 0.379 e. The number of benzene rings is 1. The summed E-state index contributed by atoms with van der Waals surface area (Å²) >= 11 is 7.60. The SMILES string of the molecule is CCOC(=O)C1=C(C2CCC(c3nc(C(=O)OCC)no3)CC2)NC(c2nccs2)=NC1c1ccc(F)c(F)c1Cl. The van der Waals surface area contributed by atoms with Crippen LogP contribution >= 0.6 is 22.9 Å². The average Bonchev–Trinajstić information content (AvgIpc) is 3.69. The fraction of sp³-hybridized carbons (Fsp3) is 0.407. The molecule has 5 rings (SSSR count). The second kappa shape index (κ2) is 12.4. The molecule has 1 fully saturated rings. The van der Waals surface area contributed by atoms with Crippen molar-refractivity contribution in [2.75, 3.05) is 13.2 Å². The molecule has 1 aromatic carbocycles. The van der Waals surface area contributed by atoms with Crippen molar-refractivity contribution in [3.8, 4) is 0 Å². The molecule has 1 N–H and O–H groups in total. The second-order valence-corrected chi connectivity index (χ2v) is 10.7. The molecule has 2 aliphatic rings. The molecule has 1 atom stereocenters. The Morgan fingerprint density at radius 3 is 2.49 bits per heavy atom. The highest BCUT2D eigenvalue weighted by Gasteiger charge is 2.39. The van der Waals surface area contributed by atoms with Crippen LogP contribution < -0.4 is 5.32 Å². The number of halogens is 3. The summed E-state index contributed by atoms with van der Waals surface area (Å²) in [5, 5.41) is 8.92. The summed E-state index contributed by atoms with van der Waals surface area (Å²) < 4.78 is 44.2. The van der Waals surface area contributed by atoms with Crippen molar-refractivity contribution in [3.63, 3.8) is 0 Å². The molecule has 3 heterocycles. The van der Waals surface area contributed by atoms with Gasteiger partial charge in [-0.1, -0.05) is 17.7 Å². The van der Waals surface area contributed by atoms with Gasteiger partial charge < -0.3 is 19.3 Å². The molecular formula is C27H26ClF2N5O5S. The second-order valence-electron chi connectivity index (χ2n) is 9.38. The number of amidine groups is 1. The molecule has 1 saturated carbocycles. The number of nitrogens with zero attached hydrogens (tertiary/aromatic N) is 4. The van der Waals surface area contributed by atoms with Gasteiger partial charge in [0.1, 0.15) is 6.04 Å². The van der Waals surface area contributed by atoms with Gasteiger partial charge in [0.05, 0.1) is 23.8 Å². The summed E-state index contributed by atoms with van der Waals surface area (Å²) in [4.78, 5) is 38.6. The first-order valence-electron chi connectivity index (χ1n) is 13.1. The van der Waals surface area contributed by atoms with E-state index >= 15 is 0 Å². The van der Waals surface area contributed by atoms with Crippen LogP contribution in [0.5, 0.6) is 0 Å². The standard InChI is InChI=1S/C27H26ClF2N5O5S/c1-3-38-26(36)17-20(13-5-7-14(8-6-13)24-34-23(35-40-24)27(37)39-4-2)32-22(25-31-11-12-41-25)33-21(17)15-9-10-16(29)19(30)18(15)28/h9-14,21H,3-8H2,1-2H3,(H,32,33). The lowest BCUT2D eigenvalue weighted by Crippen LogP contribution is -2.38. The Balaban J connectivity index is 1.50. The number of thiazole rings is 1. The molecule has 0 saturated heterocycles. The van der Waals surface area contributed by atoms with Gasteiger partial charge in [-0.3, -0.25) is 4.99 Å². The Morgan fingerprint density at radius 2 is 1.80 bits per heavy atom. The van der Waals surface area contributed by atoms with Crippen LogP contribution in [0.1, 0.15) is 78.6 Å². The minimum absolute atomic E-state index is 0.0966. The number of aromatic nitrogens is 3. The average molecular weight is 606 g/mol. The Morgan fingerprint density at radius 1 is 1.10 bits per heavy atom. The summed E-state index contributed by atoms with van der Waals surface area (Å²) in [5.41, 5.74) is 0.865. The molecule has 3 aromatic rings. The lowest BCUT2D eigenvalue weighted by molar-refractivity contribution is -0.139. The van der Waals surface area contributed by atoms with Crippen molar-refractivity contribution >= 4 is 40.7 Å². The summed E-state index contributed by atoms with van der Waals surface area (Å²) in [6.07, 6.45) is 4.08. The van der Waals surface area contributed by atoms with E-state index < -0.39 is 34.6 Å². The topological polar surface area (TPSA) is 129 Å². The van der Waals surface area contributed by atoms with Gasteiger partial charge >= 0.3 is 11.9 Å². The van der Waals surface area contributed by atoms with E-state index in [0.29, 0.717) is 48.1 Å². The minimum Gasteiger partial charge on any atom is -0.463 e. The first-order chi connectivity index (χ1) is 19.8. The third-order valence-electron chi connectivity index (χ3n) is 6.95. The van der Waals surface area contributed by atoms with Crippen LogP contribution in [0.4, 0.5) is 8.78 Å². The molecule has 0 amide bonds. The maximum Gasteiger partial charge on any atom is 0.379 e. The van der Waals surface area contributed by atoms with E-state index in [1.54, 1.807) is 25.4 Å². The summed E-state index contributed by atoms with van der Waals surface area (Å²) in [6.45, 7) is 3.66. The van der Waals surface area contributed by atoms with Gasteiger partial charge in [-0.25, -0.2) is 23.4 Å². The largest absolute Gasteiger partial charge is 0.463 e. The Bertz CT molecular complexity index is 1500. The summed E-state index contributed by atoms with van der Waals surface area (Å²) in [5.74, 6) is -3.27. The Kier molecular flexibility index (Phi) is 8.74. The lowest BCUT2D eigenvalue weighted by atomic mass is 9.78. The number of carbonyl (C=O) groups excluding carboxylic acids is 2. The lowest BCUT2D eigenvalue weighted by Gasteiger charge is -2.34. The van der Waals surface area contributed by atoms with E-state index in [1.165, 1.54) is 17.4 Å². The van der Waals surface area contributed by atoms with Gasteiger partial charge in [-0.2, -0.15) is 4.98 Å². The first kappa shape index (κ1) is 28.8. The summed E-state index contributed by atoms with van der Waals surface area (Å²) in [7, 11) is 0. The maximum absolute atomic E-state index is 14.6. The maximum atomic E-state index is 14.6. The normalized spacial score (nSPS) is 20.8. The predicted molar refractivity (Wildman–Crippen MR) is 145 cm³/mol. The van der Waals surface area contributed by atoms with E-state index in [0.717, 1.165) is 6.07 Å². The van der Waals surface area contributed by atoms with Crippen molar-refractivity contribution in [1.29, 1.82) is 0 Å². The predicted octanol–water partition coefficient (Wildman–Crippen LogP) is 5.52. The van der Waals surface area contributed by atoms with E-state index in [1.807, 2.05) is 0 Å². The fourth-order valence-electron chi connectivity index (χ4n) is 5.06. The zero-order valence-electron chi connectivity index (χ0n) is 22.2. The van der Waals surface area contributed by atoms with Gasteiger partial charge in [0.25, 0.3) is 5.82 Å². The number of esters is 2. The van der Waals surface area contributed by atoms with Crippen LogP contribution in [0.3, 0.4) is 0 Å². The van der Waals surface area contributed by atoms with E-state index in [-0.39, 0.29) is 42.0 Å². The molecule has 0 spiro atoms. The van der Waals surface area contributed by atoms with Crippen LogP contribution in [0, 0.1) is 17.6 Å². The molecule has 0 radical (unpaired) electrons. The number of rotatable bonds is 8. The van der Waals surface area contributed by atoms with E-state index in [4.69, 9.17) is 30.6 Å². The third kappa shape index (κ3) is 5.87. The molecule has 10 nitrogen and oxygen atoms in total. The molecule has 216 valence electrons. The highest BCUT2D eigenvalue weighted by atomic mass is 35.5. The third-order valence-corrected chi connectivity index (χ3v) is 8.11. The van der Waals surface area contributed by atoms with Crippen molar-refractivity contribution in [2.45, 2.75) is 51.5 Å². The summed E-state index contributed by atoms with van der Waals surface area (Å²) in [6, 6.07) is 1.22. The van der Waals surface area contributed by atoms with Gasteiger partial charge in [-0.05, 0) is 56.7 Å². The van der Waals surface area contributed by atoms with Crippen LogP contribution in [0.2, 0.25) is 5.02 Å². The van der Waals surface area contributed by atoms with Crippen molar-refractivity contribution < 1.29 is 32.4 Å². The number of hydrogen-bond acceptors (Lipinski definition) is 11. The van der Waals surface area contributed by atoms with E-state index in [2.05, 4.69) is 20.4 Å². The molecule has 1 aliphatic carbocycles. The number of ether oxygens (including phenoxy) is 2. The number of nitrogens with one attached hydrogen (secondary N) is 1. The number of aliphatic imine (C=N–C) groups is 1. The monoisotopic (exact) mass is 605 g/mol. The molecular weight excluding hydrogens is 580 g/mol. The quantitative estimate of drug-likeness (QED) is 0.261. The van der Waals surface area contributed by atoms with Crippen LogP contribution in [0.25, 0.3) is 0 Å². The van der Waals surface area contributed by atoms with Gasteiger partial charge in [0.15, 0.2) is 22.5 Å². The number of hydrogen-bond donors (Lipinski definition) is 1. The van der Waals surface area contributed by atoms with Gasteiger partial charge in [0.2, 0.25) is 5.89 Å². The molecule has 14 heteroatoms. The Hall–Kier alpha value is -3.71. The molecule has 2 aromatic heterocycles. The minimum atomic E-state index is -1.22.